The van der Waals surface area contributed by atoms with Crippen molar-refractivity contribution in [3.8, 4) is 0 Å². The summed E-state index contributed by atoms with van der Waals surface area (Å²) in [5.74, 6) is -1.69. The summed E-state index contributed by atoms with van der Waals surface area (Å²) >= 11 is 0. The molecular formula is C11H18N4O3. The number of carbonyl (C=O) groups excluding carboxylic acids is 3. The minimum atomic E-state index is -0.859. The van der Waals surface area contributed by atoms with E-state index in [9.17, 15) is 14.4 Å². The van der Waals surface area contributed by atoms with Crippen molar-refractivity contribution < 1.29 is 14.4 Å². The number of carbonyl (C=O) groups is 3. The predicted molar refractivity (Wildman–Crippen MR) is 63.1 cm³/mol. The molecule has 18 heavy (non-hydrogen) atoms. The van der Waals surface area contributed by atoms with Crippen LogP contribution in [-0.4, -0.2) is 72.8 Å². The molecule has 0 spiro atoms. The van der Waals surface area contributed by atoms with Gasteiger partial charge in [0.2, 0.25) is 5.91 Å². The molecule has 2 heterocycles. The topological polar surface area (TPSA) is 73.0 Å². The minimum Gasteiger partial charge on any atom is -0.340 e. The second-order valence-electron chi connectivity index (χ2n) is 4.81. The van der Waals surface area contributed by atoms with Gasteiger partial charge in [0.05, 0.1) is 0 Å². The van der Waals surface area contributed by atoms with E-state index in [0.29, 0.717) is 13.1 Å². The van der Waals surface area contributed by atoms with E-state index in [2.05, 4.69) is 10.3 Å². The van der Waals surface area contributed by atoms with Crippen LogP contribution in [0, 0.1) is 5.92 Å². The van der Waals surface area contributed by atoms with Gasteiger partial charge < -0.3 is 9.80 Å². The molecule has 2 saturated heterocycles. The number of amides is 3. The summed E-state index contributed by atoms with van der Waals surface area (Å²) in [6, 6.07) is 0. The van der Waals surface area contributed by atoms with Gasteiger partial charge in [0.25, 0.3) is 11.8 Å². The summed E-state index contributed by atoms with van der Waals surface area (Å²) in [5, 5.41) is 1.14. The summed E-state index contributed by atoms with van der Waals surface area (Å²) in [5.41, 5.74) is 2.40. The fraction of sp³-hybridized carbons (Fsp3) is 0.727. The molecule has 2 rings (SSSR count). The summed E-state index contributed by atoms with van der Waals surface area (Å²) < 4.78 is 0. The third-order valence-electron chi connectivity index (χ3n) is 3.46. The van der Waals surface area contributed by atoms with Gasteiger partial charge in [-0.05, 0) is 7.05 Å². The van der Waals surface area contributed by atoms with Crippen LogP contribution < -0.4 is 5.43 Å². The van der Waals surface area contributed by atoms with Crippen LogP contribution in [-0.2, 0) is 14.4 Å². The number of hydrazine groups is 1. The average Bonchev–Trinajstić information content (AvgIpc) is 2.57. The van der Waals surface area contributed by atoms with Crippen LogP contribution in [0.25, 0.3) is 0 Å². The Morgan fingerprint density at radius 2 is 1.83 bits per heavy atom. The fourth-order valence-corrected chi connectivity index (χ4v) is 2.18. The van der Waals surface area contributed by atoms with Crippen molar-refractivity contribution in [2.75, 3.05) is 40.3 Å². The third kappa shape index (κ3) is 2.45. The maximum absolute atomic E-state index is 12.0. The first kappa shape index (κ1) is 12.8. The van der Waals surface area contributed by atoms with Crippen molar-refractivity contribution in [1.82, 2.24) is 20.2 Å². The largest absolute Gasteiger partial charge is 0.340 e. The van der Waals surface area contributed by atoms with Crippen molar-refractivity contribution in [2.45, 2.75) is 6.42 Å². The number of rotatable bonds is 2. The number of nitrogens with one attached hydrogen (secondary N) is 1. The summed E-state index contributed by atoms with van der Waals surface area (Å²) in [4.78, 5) is 39.0. The van der Waals surface area contributed by atoms with Crippen LogP contribution in [0.15, 0.2) is 0 Å². The molecule has 0 bridgehead atoms. The highest BCUT2D eigenvalue weighted by molar-refractivity contribution is 6.07. The Morgan fingerprint density at radius 3 is 2.33 bits per heavy atom. The van der Waals surface area contributed by atoms with Gasteiger partial charge in [-0.2, -0.15) is 0 Å². The zero-order valence-electron chi connectivity index (χ0n) is 10.7. The van der Waals surface area contributed by atoms with Gasteiger partial charge in [0, 0.05) is 39.6 Å². The SMILES string of the molecule is CN1CCN(C(=O)CC2C(=O)NN(C)C2=O)CC1. The number of hydrogen-bond donors (Lipinski definition) is 1. The molecule has 3 amide bonds. The highest BCUT2D eigenvalue weighted by Crippen LogP contribution is 2.15. The predicted octanol–water partition coefficient (Wildman–Crippen LogP) is -1.73. The summed E-state index contributed by atoms with van der Waals surface area (Å²) in [6.45, 7) is 2.98. The number of likely N-dealkylation sites (N-methyl/N-ethyl adjacent to an activating group) is 1. The lowest BCUT2D eigenvalue weighted by Gasteiger charge is -2.32. The lowest BCUT2D eigenvalue weighted by Crippen LogP contribution is -2.48. The molecule has 0 saturated carbocycles. The van der Waals surface area contributed by atoms with Crippen LogP contribution in [0.1, 0.15) is 6.42 Å². The monoisotopic (exact) mass is 254 g/mol. The highest BCUT2D eigenvalue weighted by Gasteiger charge is 2.39. The lowest BCUT2D eigenvalue weighted by atomic mass is 10.0. The van der Waals surface area contributed by atoms with Crippen LogP contribution in [0.4, 0.5) is 0 Å². The molecule has 1 atom stereocenters. The highest BCUT2D eigenvalue weighted by atomic mass is 16.2. The molecule has 2 aliphatic heterocycles. The Morgan fingerprint density at radius 1 is 1.22 bits per heavy atom. The second kappa shape index (κ2) is 4.93. The van der Waals surface area contributed by atoms with E-state index in [1.54, 1.807) is 4.90 Å². The first-order valence-corrected chi connectivity index (χ1v) is 6.03. The first-order valence-electron chi connectivity index (χ1n) is 6.03. The van der Waals surface area contributed by atoms with E-state index in [4.69, 9.17) is 0 Å². The van der Waals surface area contributed by atoms with Gasteiger partial charge in [0.15, 0.2) is 0 Å². The van der Waals surface area contributed by atoms with E-state index >= 15 is 0 Å². The summed E-state index contributed by atoms with van der Waals surface area (Å²) in [7, 11) is 3.49. The quantitative estimate of drug-likeness (QED) is 0.594. The number of hydrogen-bond acceptors (Lipinski definition) is 4. The molecule has 100 valence electrons. The van der Waals surface area contributed by atoms with Gasteiger partial charge >= 0.3 is 0 Å². The Hall–Kier alpha value is -1.63. The number of piperazine rings is 1. The van der Waals surface area contributed by atoms with Gasteiger partial charge in [-0.25, -0.2) is 0 Å². The van der Waals surface area contributed by atoms with Gasteiger partial charge in [-0.3, -0.25) is 24.8 Å². The Labute approximate surface area is 106 Å². The fourth-order valence-electron chi connectivity index (χ4n) is 2.18. The molecule has 1 unspecified atom stereocenters. The van der Waals surface area contributed by atoms with Crippen molar-refractivity contribution in [3.63, 3.8) is 0 Å². The average molecular weight is 254 g/mol. The molecule has 1 N–H and O–H groups in total. The van der Waals surface area contributed by atoms with E-state index < -0.39 is 5.92 Å². The van der Waals surface area contributed by atoms with Crippen LogP contribution in [0.3, 0.4) is 0 Å². The van der Waals surface area contributed by atoms with Crippen molar-refractivity contribution in [3.05, 3.63) is 0 Å². The molecule has 0 radical (unpaired) electrons. The van der Waals surface area contributed by atoms with Crippen molar-refractivity contribution in [2.24, 2.45) is 5.92 Å². The molecule has 7 heteroatoms. The Balaban J connectivity index is 1.91. The molecule has 0 aliphatic carbocycles. The molecule has 0 aromatic rings. The second-order valence-corrected chi connectivity index (χ2v) is 4.81. The van der Waals surface area contributed by atoms with E-state index in [1.165, 1.54) is 7.05 Å². The maximum atomic E-state index is 12.0. The van der Waals surface area contributed by atoms with E-state index in [1.807, 2.05) is 7.05 Å². The van der Waals surface area contributed by atoms with Crippen LogP contribution >= 0.6 is 0 Å². The molecule has 0 aromatic carbocycles. The summed E-state index contributed by atoms with van der Waals surface area (Å²) in [6.07, 6.45) is -0.0290. The van der Waals surface area contributed by atoms with Gasteiger partial charge in [0.1, 0.15) is 5.92 Å². The molecular weight excluding hydrogens is 236 g/mol. The minimum absolute atomic E-state index is 0.0290. The molecule has 0 aromatic heterocycles. The Kier molecular flexibility index (Phi) is 3.51. The first-order chi connectivity index (χ1) is 8.49. The maximum Gasteiger partial charge on any atom is 0.253 e. The van der Waals surface area contributed by atoms with Crippen LogP contribution in [0.5, 0.6) is 0 Å². The molecule has 2 aliphatic rings. The van der Waals surface area contributed by atoms with E-state index in [-0.39, 0.29) is 24.1 Å². The smallest absolute Gasteiger partial charge is 0.253 e. The van der Waals surface area contributed by atoms with Gasteiger partial charge in [-0.15, -0.1) is 0 Å². The standard InChI is InChI=1S/C11H18N4O3/c1-13-3-5-15(6-4-13)9(16)7-8-10(17)12-14(2)11(8)18/h8H,3-7H2,1-2H3,(H,12,17). The van der Waals surface area contributed by atoms with Crippen LogP contribution in [0.2, 0.25) is 0 Å². The molecule has 2 fully saturated rings. The zero-order valence-corrected chi connectivity index (χ0v) is 10.7. The normalized spacial score (nSPS) is 25.6. The third-order valence-corrected chi connectivity index (χ3v) is 3.46. The zero-order chi connectivity index (χ0) is 13.3. The Bertz CT molecular complexity index is 376. The lowest BCUT2D eigenvalue weighted by molar-refractivity contribution is -0.140. The molecule has 7 nitrogen and oxygen atoms in total. The van der Waals surface area contributed by atoms with Crippen molar-refractivity contribution in [1.29, 1.82) is 0 Å². The van der Waals surface area contributed by atoms with E-state index in [0.717, 1.165) is 18.1 Å². The van der Waals surface area contributed by atoms with Crippen molar-refractivity contribution >= 4 is 17.7 Å². The van der Waals surface area contributed by atoms with Gasteiger partial charge in [-0.1, -0.05) is 0 Å². The number of nitrogens with zero attached hydrogens (tertiary/aromatic N) is 3.